The Morgan fingerprint density at radius 3 is 2.90 bits per heavy atom. The van der Waals surface area contributed by atoms with Gasteiger partial charge in [-0.05, 0) is 12.1 Å². The molecule has 1 amide bonds. The summed E-state index contributed by atoms with van der Waals surface area (Å²) in [6, 6.07) is 5.16. The molecule has 1 aromatic carbocycles. The topological polar surface area (TPSA) is 96.9 Å². The highest BCUT2D eigenvalue weighted by molar-refractivity contribution is 6.01. The monoisotopic (exact) mass is 292 g/mol. The molecule has 2 heterocycles. The number of benzene rings is 1. The Labute approximate surface area is 121 Å². The van der Waals surface area contributed by atoms with Gasteiger partial charge < -0.3 is 25.2 Å². The highest BCUT2D eigenvalue weighted by Crippen LogP contribution is 2.31. The Morgan fingerprint density at radius 2 is 2.19 bits per heavy atom. The Kier molecular flexibility index (Phi) is 3.42. The number of nitrogens with one attached hydrogen (secondary N) is 2. The van der Waals surface area contributed by atoms with Gasteiger partial charge in [0, 0.05) is 19.6 Å². The van der Waals surface area contributed by atoms with Crippen LogP contribution in [-0.2, 0) is 9.53 Å². The maximum absolute atomic E-state index is 12.4. The van der Waals surface area contributed by atoms with Crippen molar-refractivity contribution >= 4 is 17.6 Å². The van der Waals surface area contributed by atoms with Gasteiger partial charge in [-0.25, -0.2) is 4.79 Å². The summed E-state index contributed by atoms with van der Waals surface area (Å²) in [6.07, 6.45) is 0.252. The number of hydrogen-bond donors (Lipinski definition) is 3. The van der Waals surface area contributed by atoms with Crippen molar-refractivity contribution in [1.29, 1.82) is 0 Å². The summed E-state index contributed by atoms with van der Waals surface area (Å²) < 4.78 is 10.7. The molecule has 0 spiro atoms. The number of aliphatic carboxylic acids is 1. The molecule has 1 saturated heterocycles. The molecule has 0 bridgehead atoms. The fraction of sp³-hybridized carbons (Fsp3) is 0.429. The van der Waals surface area contributed by atoms with Crippen LogP contribution >= 0.6 is 0 Å². The lowest BCUT2D eigenvalue weighted by molar-refractivity contribution is -0.144. The molecule has 1 atom stereocenters. The van der Waals surface area contributed by atoms with Crippen LogP contribution in [0.4, 0.5) is 5.69 Å². The van der Waals surface area contributed by atoms with Gasteiger partial charge in [0.25, 0.3) is 5.91 Å². The Balaban J connectivity index is 1.87. The highest BCUT2D eigenvalue weighted by atomic mass is 16.5. The van der Waals surface area contributed by atoms with Crippen molar-refractivity contribution < 1.29 is 24.2 Å². The number of rotatable bonds is 3. The molecule has 112 valence electrons. The van der Waals surface area contributed by atoms with E-state index in [2.05, 4.69) is 10.6 Å². The number of carboxylic acid groups (broad SMARTS) is 1. The molecule has 0 aliphatic carbocycles. The Hall–Kier alpha value is -2.28. The standard InChI is InChI=1S/C14H16N2O5/c17-12(16-14(13(18)19)4-6-20-8-14)9-2-1-3-10-11(9)21-7-5-15-10/h1-3,15H,4-8H2,(H,16,17)(H,18,19). The molecule has 1 unspecified atom stereocenters. The normalized spacial score (nSPS) is 23.6. The molecular formula is C14H16N2O5. The summed E-state index contributed by atoms with van der Waals surface area (Å²) in [5.41, 5.74) is -0.296. The summed E-state index contributed by atoms with van der Waals surface area (Å²) in [5, 5.41) is 15.1. The molecule has 3 rings (SSSR count). The second-order valence-corrected chi connectivity index (χ2v) is 5.10. The van der Waals surface area contributed by atoms with Crippen molar-refractivity contribution in [2.24, 2.45) is 0 Å². The second kappa shape index (κ2) is 5.25. The first-order chi connectivity index (χ1) is 10.1. The van der Waals surface area contributed by atoms with Crippen LogP contribution in [0.15, 0.2) is 18.2 Å². The number of anilines is 1. The largest absolute Gasteiger partial charge is 0.489 e. The quantitative estimate of drug-likeness (QED) is 0.749. The summed E-state index contributed by atoms with van der Waals surface area (Å²) in [6.45, 7) is 1.43. The van der Waals surface area contributed by atoms with Crippen LogP contribution in [-0.4, -0.2) is 48.9 Å². The minimum atomic E-state index is -1.36. The van der Waals surface area contributed by atoms with E-state index in [0.717, 1.165) is 5.69 Å². The van der Waals surface area contributed by atoms with E-state index in [-0.39, 0.29) is 13.0 Å². The van der Waals surface area contributed by atoms with Crippen LogP contribution in [0.1, 0.15) is 16.8 Å². The number of carbonyl (C=O) groups excluding carboxylic acids is 1. The summed E-state index contributed by atoms with van der Waals surface area (Å²) in [4.78, 5) is 23.9. The van der Waals surface area contributed by atoms with E-state index in [1.54, 1.807) is 12.1 Å². The summed E-state index contributed by atoms with van der Waals surface area (Å²) in [7, 11) is 0. The van der Waals surface area contributed by atoms with Crippen LogP contribution in [0.25, 0.3) is 0 Å². The average molecular weight is 292 g/mol. The first kappa shape index (κ1) is 13.7. The first-order valence-electron chi connectivity index (χ1n) is 6.76. The van der Waals surface area contributed by atoms with E-state index in [1.165, 1.54) is 0 Å². The molecule has 0 radical (unpaired) electrons. The third-order valence-corrected chi connectivity index (χ3v) is 3.71. The van der Waals surface area contributed by atoms with Crippen molar-refractivity contribution in [3.05, 3.63) is 23.8 Å². The number of para-hydroxylation sites is 1. The Morgan fingerprint density at radius 1 is 1.33 bits per heavy atom. The van der Waals surface area contributed by atoms with Gasteiger partial charge in [0.05, 0.1) is 17.9 Å². The lowest BCUT2D eigenvalue weighted by atomic mass is 9.98. The Bertz CT molecular complexity index is 581. The fourth-order valence-electron chi connectivity index (χ4n) is 2.52. The number of fused-ring (bicyclic) bond motifs is 1. The number of ether oxygens (including phenoxy) is 2. The zero-order valence-corrected chi connectivity index (χ0v) is 11.3. The van der Waals surface area contributed by atoms with Gasteiger partial charge in [-0.3, -0.25) is 4.79 Å². The van der Waals surface area contributed by atoms with Gasteiger partial charge in [-0.2, -0.15) is 0 Å². The predicted molar refractivity (Wildman–Crippen MR) is 73.7 cm³/mol. The molecule has 7 heteroatoms. The third kappa shape index (κ3) is 2.40. The van der Waals surface area contributed by atoms with E-state index in [1.807, 2.05) is 6.07 Å². The molecule has 21 heavy (non-hydrogen) atoms. The van der Waals surface area contributed by atoms with Crippen LogP contribution in [0.5, 0.6) is 5.75 Å². The lowest BCUT2D eigenvalue weighted by Gasteiger charge is -2.26. The van der Waals surface area contributed by atoms with Crippen molar-refractivity contribution in [3.8, 4) is 5.75 Å². The zero-order chi connectivity index (χ0) is 14.9. The molecule has 1 aromatic rings. The van der Waals surface area contributed by atoms with E-state index >= 15 is 0 Å². The van der Waals surface area contributed by atoms with Gasteiger partial charge in [0.15, 0.2) is 11.3 Å². The maximum Gasteiger partial charge on any atom is 0.331 e. The van der Waals surface area contributed by atoms with E-state index in [9.17, 15) is 14.7 Å². The van der Waals surface area contributed by atoms with Crippen LogP contribution in [0, 0.1) is 0 Å². The van der Waals surface area contributed by atoms with E-state index in [0.29, 0.717) is 31.1 Å². The summed E-state index contributed by atoms with van der Waals surface area (Å²) in [5.74, 6) is -1.10. The minimum Gasteiger partial charge on any atom is -0.489 e. The van der Waals surface area contributed by atoms with Gasteiger partial charge in [0.2, 0.25) is 0 Å². The molecule has 3 N–H and O–H groups in total. The van der Waals surface area contributed by atoms with Gasteiger partial charge in [-0.1, -0.05) is 6.07 Å². The maximum atomic E-state index is 12.4. The van der Waals surface area contributed by atoms with Gasteiger partial charge in [0.1, 0.15) is 6.61 Å². The smallest absolute Gasteiger partial charge is 0.331 e. The van der Waals surface area contributed by atoms with Crippen molar-refractivity contribution in [2.45, 2.75) is 12.0 Å². The van der Waals surface area contributed by atoms with Crippen LogP contribution < -0.4 is 15.4 Å². The van der Waals surface area contributed by atoms with Gasteiger partial charge in [-0.15, -0.1) is 0 Å². The molecule has 1 fully saturated rings. The predicted octanol–water partition coefficient (Wildman–Crippen LogP) is 0.464. The molecule has 7 nitrogen and oxygen atoms in total. The third-order valence-electron chi connectivity index (χ3n) is 3.71. The highest BCUT2D eigenvalue weighted by Gasteiger charge is 2.44. The molecule has 0 saturated carbocycles. The molecule has 2 aliphatic rings. The zero-order valence-electron chi connectivity index (χ0n) is 11.3. The van der Waals surface area contributed by atoms with Crippen molar-refractivity contribution in [1.82, 2.24) is 5.32 Å². The van der Waals surface area contributed by atoms with Gasteiger partial charge >= 0.3 is 5.97 Å². The number of carboxylic acids is 1. The number of amides is 1. The first-order valence-corrected chi connectivity index (χ1v) is 6.76. The molecular weight excluding hydrogens is 276 g/mol. The fourth-order valence-corrected chi connectivity index (χ4v) is 2.52. The summed E-state index contributed by atoms with van der Waals surface area (Å²) >= 11 is 0. The van der Waals surface area contributed by atoms with Crippen molar-refractivity contribution in [2.75, 3.05) is 31.7 Å². The van der Waals surface area contributed by atoms with Crippen LogP contribution in [0.2, 0.25) is 0 Å². The SMILES string of the molecule is O=C(NC1(C(=O)O)CCOC1)c1cccc2c1OCCN2. The minimum absolute atomic E-state index is 0.0256. The second-order valence-electron chi connectivity index (χ2n) is 5.10. The average Bonchev–Trinajstić information content (AvgIpc) is 2.96. The van der Waals surface area contributed by atoms with E-state index < -0.39 is 17.4 Å². The van der Waals surface area contributed by atoms with E-state index in [4.69, 9.17) is 9.47 Å². The van der Waals surface area contributed by atoms with Crippen LogP contribution in [0.3, 0.4) is 0 Å². The molecule has 2 aliphatic heterocycles. The van der Waals surface area contributed by atoms with Crippen molar-refractivity contribution in [3.63, 3.8) is 0 Å². The molecule has 0 aromatic heterocycles. The number of carbonyl (C=O) groups is 2. The lowest BCUT2D eigenvalue weighted by Crippen LogP contribution is -2.55. The number of hydrogen-bond acceptors (Lipinski definition) is 5.